The first-order valence-electron chi connectivity index (χ1n) is 5.14. The highest BCUT2D eigenvalue weighted by Crippen LogP contribution is 2.23. The number of pyridine rings is 1. The fraction of sp³-hybridized carbons (Fsp3) is 0.417. The van der Waals surface area contributed by atoms with E-state index in [2.05, 4.69) is 29.5 Å². The van der Waals surface area contributed by atoms with Crippen molar-refractivity contribution in [1.82, 2.24) is 9.55 Å². The van der Waals surface area contributed by atoms with Gasteiger partial charge in [0.1, 0.15) is 0 Å². The lowest BCUT2D eigenvalue weighted by atomic mass is 10.2. The van der Waals surface area contributed by atoms with Crippen LogP contribution in [0.4, 0.5) is 0 Å². The Kier molecular flexibility index (Phi) is 2.73. The van der Waals surface area contributed by atoms with Crippen molar-refractivity contribution in [2.45, 2.75) is 20.4 Å². The van der Waals surface area contributed by atoms with E-state index in [1.165, 1.54) is 22.2 Å². The standard InChI is InChI=1S/C12H16N2O/c1-9-10(2)14(6-7-15-3)12-8-13-5-4-11(9)12/h4-5,8H,6-7H2,1-3H3. The maximum absolute atomic E-state index is 5.12. The summed E-state index contributed by atoms with van der Waals surface area (Å²) >= 11 is 0. The maximum atomic E-state index is 5.12. The molecule has 0 N–H and O–H groups in total. The van der Waals surface area contributed by atoms with E-state index in [-0.39, 0.29) is 0 Å². The molecule has 0 aliphatic carbocycles. The molecule has 0 atom stereocenters. The molecule has 0 fully saturated rings. The lowest BCUT2D eigenvalue weighted by Gasteiger charge is -2.06. The molecular formula is C12H16N2O. The fourth-order valence-electron chi connectivity index (χ4n) is 1.97. The molecule has 15 heavy (non-hydrogen) atoms. The van der Waals surface area contributed by atoms with Gasteiger partial charge in [-0.15, -0.1) is 0 Å². The summed E-state index contributed by atoms with van der Waals surface area (Å²) in [5.74, 6) is 0. The van der Waals surface area contributed by atoms with Crippen molar-refractivity contribution in [3.8, 4) is 0 Å². The van der Waals surface area contributed by atoms with Crippen LogP contribution >= 0.6 is 0 Å². The van der Waals surface area contributed by atoms with E-state index in [9.17, 15) is 0 Å². The molecule has 0 amide bonds. The molecule has 0 spiro atoms. The minimum absolute atomic E-state index is 0.735. The van der Waals surface area contributed by atoms with Crippen molar-refractivity contribution in [1.29, 1.82) is 0 Å². The van der Waals surface area contributed by atoms with E-state index in [1.54, 1.807) is 7.11 Å². The third-order valence-corrected chi connectivity index (χ3v) is 2.96. The van der Waals surface area contributed by atoms with Crippen LogP contribution in [0.2, 0.25) is 0 Å². The van der Waals surface area contributed by atoms with Crippen LogP contribution < -0.4 is 0 Å². The van der Waals surface area contributed by atoms with Gasteiger partial charge in [0.2, 0.25) is 0 Å². The molecule has 3 nitrogen and oxygen atoms in total. The van der Waals surface area contributed by atoms with Gasteiger partial charge in [-0.3, -0.25) is 4.98 Å². The monoisotopic (exact) mass is 204 g/mol. The first-order valence-corrected chi connectivity index (χ1v) is 5.14. The van der Waals surface area contributed by atoms with Crippen molar-refractivity contribution in [3.05, 3.63) is 29.7 Å². The van der Waals surface area contributed by atoms with E-state index >= 15 is 0 Å². The minimum Gasteiger partial charge on any atom is -0.383 e. The number of hydrogen-bond donors (Lipinski definition) is 0. The molecule has 2 aromatic rings. The number of aromatic nitrogens is 2. The fourth-order valence-corrected chi connectivity index (χ4v) is 1.97. The van der Waals surface area contributed by atoms with Gasteiger partial charge in [-0.05, 0) is 25.5 Å². The summed E-state index contributed by atoms with van der Waals surface area (Å²) in [6.07, 6.45) is 3.76. The van der Waals surface area contributed by atoms with Crippen molar-refractivity contribution in [2.75, 3.05) is 13.7 Å². The Bertz CT molecular complexity index is 474. The van der Waals surface area contributed by atoms with Gasteiger partial charge in [0.05, 0.1) is 18.3 Å². The van der Waals surface area contributed by atoms with Crippen LogP contribution in [0.3, 0.4) is 0 Å². The lowest BCUT2D eigenvalue weighted by Crippen LogP contribution is -2.05. The molecule has 0 aromatic carbocycles. The highest BCUT2D eigenvalue weighted by Gasteiger charge is 2.09. The zero-order valence-electron chi connectivity index (χ0n) is 9.45. The van der Waals surface area contributed by atoms with Gasteiger partial charge in [-0.2, -0.15) is 0 Å². The van der Waals surface area contributed by atoms with Crippen molar-refractivity contribution < 1.29 is 4.74 Å². The molecule has 80 valence electrons. The number of fused-ring (bicyclic) bond motifs is 1. The van der Waals surface area contributed by atoms with Crippen LogP contribution in [0, 0.1) is 13.8 Å². The Labute approximate surface area is 89.7 Å². The van der Waals surface area contributed by atoms with Crippen LogP contribution in [0.15, 0.2) is 18.5 Å². The molecule has 0 aliphatic rings. The van der Waals surface area contributed by atoms with Gasteiger partial charge in [-0.25, -0.2) is 0 Å². The van der Waals surface area contributed by atoms with Crippen LogP contribution in [-0.4, -0.2) is 23.3 Å². The molecule has 0 radical (unpaired) electrons. The van der Waals surface area contributed by atoms with Gasteiger partial charge in [0.15, 0.2) is 0 Å². The molecule has 0 aliphatic heterocycles. The topological polar surface area (TPSA) is 27.1 Å². The number of hydrogen-bond acceptors (Lipinski definition) is 2. The molecule has 2 rings (SSSR count). The van der Waals surface area contributed by atoms with Gasteiger partial charge < -0.3 is 9.30 Å². The van der Waals surface area contributed by atoms with Crippen LogP contribution in [0.1, 0.15) is 11.3 Å². The highest BCUT2D eigenvalue weighted by molar-refractivity contribution is 5.84. The number of rotatable bonds is 3. The van der Waals surface area contributed by atoms with Crippen LogP contribution in [-0.2, 0) is 11.3 Å². The summed E-state index contributed by atoms with van der Waals surface area (Å²) in [7, 11) is 1.73. The van der Waals surface area contributed by atoms with Crippen molar-refractivity contribution >= 4 is 10.9 Å². The molecule has 0 saturated heterocycles. The predicted octanol–water partition coefficient (Wildman–Crippen LogP) is 2.30. The summed E-state index contributed by atoms with van der Waals surface area (Å²) < 4.78 is 7.38. The molecule has 0 bridgehead atoms. The second kappa shape index (κ2) is 4.03. The van der Waals surface area contributed by atoms with Gasteiger partial charge in [-0.1, -0.05) is 0 Å². The van der Waals surface area contributed by atoms with Gasteiger partial charge in [0, 0.05) is 30.9 Å². The minimum atomic E-state index is 0.735. The molecule has 2 heterocycles. The molecule has 0 saturated carbocycles. The third-order valence-electron chi connectivity index (χ3n) is 2.96. The first-order chi connectivity index (χ1) is 7.25. The quantitative estimate of drug-likeness (QED) is 0.767. The average Bonchev–Trinajstić information content (AvgIpc) is 2.51. The number of nitrogens with zero attached hydrogens (tertiary/aromatic N) is 2. The van der Waals surface area contributed by atoms with E-state index in [1.807, 2.05) is 12.4 Å². The van der Waals surface area contributed by atoms with Crippen molar-refractivity contribution in [3.63, 3.8) is 0 Å². The molecule has 0 unspecified atom stereocenters. The summed E-state index contributed by atoms with van der Waals surface area (Å²) in [5.41, 5.74) is 3.84. The third kappa shape index (κ3) is 1.63. The Morgan fingerprint density at radius 2 is 2.20 bits per heavy atom. The van der Waals surface area contributed by atoms with E-state index in [0.717, 1.165) is 13.2 Å². The lowest BCUT2D eigenvalue weighted by molar-refractivity contribution is 0.188. The highest BCUT2D eigenvalue weighted by atomic mass is 16.5. The summed E-state index contributed by atoms with van der Waals surface area (Å²) in [6, 6.07) is 2.07. The van der Waals surface area contributed by atoms with Crippen LogP contribution in [0.5, 0.6) is 0 Å². The smallest absolute Gasteiger partial charge is 0.0672 e. The second-order valence-electron chi connectivity index (χ2n) is 3.75. The molecule has 3 heteroatoms. The second-order valence-corrected chi connectivity index (χ2v) is 3.75. The summed E-state index contributed by atoms with van der Waals surface area (Å²) in [6.45, 7) is 5.92. The van der Waals surface area contributed by atoms with E-state index < -0.39 is 0 Å². The van der Waals surface area contributed by atoms with E-state index in [0.29, 0.717) is 0 Å². The number of aryl methyl sites for hydroxylation is 1. The van der Waals surface area contributed by atoms with E-state index in [4.69, 9.17) is 4.74 Å². The first kappa shape index (κ1) is 10.2. The van der Waals surface area contributed by atoms with Crippen LogP contribution in [0.25, 0.3) is 10.9 Å². The summed E-state index contributed by atoms with van der Waals surface area (Å²) in [4.78, 5) is 4.17. The zero-order valence-corrected chi connectivity index (χ0v) is 9.45. The summed E-state index contributed by atoms with van der Waals surface area (Å²) in [5, 5.41) is 1.29. The predicted molar refractivity (Wildman–Crippen MR) is 61.1 cm³/mol. The Hall–Kier alpha value is -1.35. The molecular weight excluding hydrogens is 188 g/mol. The van der Waals surface area contributed by atoms with Gasteiger partial charge >= 0.3 is 0 Å². The Morgan fingerprint density at radius 1 is 1.40 bits per heavy atom. The molecule has 2 aromatic heterocycles. The average molecular weight is 204 g/mol. The SMILES string of the molecule is COCCn1c(C)c(C)c2ccncc21. The maximum Gasteiger partial charge on any atom is 0.0672 e. The van der Waals surface area contributed by atoms with Gasteiger partial charge in [0.25, 0.3) is 0 Å². The zero-order chi connectivity index (χ0) is 10.8. The number of ether oxygens (including phenoxy) is 1. The van der Waals surface area contributed by atoms with Crippen molar-refractivity contribution in [2.24, 2.45) is 0 Å². The number of methoxy groups -OCH3 is 1. The Balaban J connectivity index is 2.56. The largest absolute Gasteiger partial charge is 0.383 e. The Morgan fingerprint density at radius 3 is 2.93 bits per heavy atom. The normalized spacial score (nSPS) is 11.1.